The highest BCUT2D eigenvalue weighted by Gasteiger charge is 2.12. The van der Waals surface area contributed by atoms with E-state index in [1.165, 1.54) is 12.1 Å². The van der Waals surface area contributed by atoms with Gasteiger partial charge in [-0.05, 0) is 47.6 Å². The number of aromatic nitrogens is 3. The van der Waals surface area contributed by atoms with Crippen molar-refractivity contribution in [2.45, 2.75) is 0 Å². The predicted molar refractivity (Wildman–Crippen MR) is 104 cm³/mol. The summed E-state index contributed by atoms with van der Waals surface area (Å²) in [5.41, 5.74) is 4.24. The Balaban J connectivity index is 1.87. The molecule has 0 amide bonds. The molecule has 0 fully saturated rings. The van der Waals surface area contributed by atoms with Crippen LogP contribution in [0.4, 0.5) is 5.69 Å². The van der Waals surface area contributed by atoms with Gasteiger partial charge in [0.2, 0.25) is 4.77 Å². The summed E-state index contributed by atoms with van der Waals surface area (Å²) < 4.78 is 7.51. The number of imidazole rings is 1. The average Bonchev–Trinajstić information content (AvgIpc) is 3.14. The minimum Gasteiger partial charge on any atom is -0.497 e. The number of fused-ring (bicyclic) bond motifs is 1. The number of methoxy groups -OCH3 is 1. The van der Waals surface area contributed by atoms with Gasteiger partial charge < -0.3 is 9.72 Å². The smallest absolute Gasteiger partial charge is 0.269 e. The van der Waals surface area contributed by atoms with Gasteiger partial charge in [0, 0.05) is 30.1 Å². The Morgan fingerprint density at radius 2 is 1.96 bits per heavy atom. The Morgan fingerprint density at radius 1 is 1.19 bits per heavy atom. The van der Waals surface area contributed by atoms with Crippen LogP contribution in [0.1, 0.15) is 0 Å². The average molecular weight is 378 g/mol. The molecule has 0 bridgehead atoms. The summed E-state index contributed by atoms with van der Waals surface area (Å²) in [6, 6.07) is 14.0. The van der Waals surface area contributed by atoms with Crippen molar-refractivity contribution >= 4 is 23.6 Å². The van der Waals surface area contributed by atoms with Gasteiger partial charge in [-0.3, -0.25) is 14.5 Å². The first-order valence-corrected chi connectivity index (χ1v) is 8.47. The van der Waals surface area contributed by atoms with Gasteiger partial charge in [-0.15, -0.1) is 0 Å². The zero-order chi connectivity index (χ0) is 19.0. The molecule has 2 aromatic heterocycles. The number of hydrogen-bond donors (Lipinski definition) is 1. The minimum absolute atomic E-state index is 0.0465. The molecule has 134 valence electrons. The molecule has 7 nitrogen and oxygen atoms in total. The maximum Gasteiger partial charge on any atom is 0.269 e. The summed E-state index contributed by atoms with van der Waals surface area (Å²) in [6.45, 7) is 0. The summed E-state index contributed by atoms with van der Waals surface area (Å²) in [5, 5.41) is 10.8. The van der Waals surface area contributed by atoms with E-state index in [1.54, 1.807) is 29.8 Å². The van der Waals surface area contributed by atoms with Gasteiger partial charge in [-0.2, -0.15) is 0 Å². The molecule has 0 aliphatic heterocycles. The van der Waals surface area contributed by atoms with Crippen molar-refractivity contribution in [2.75, 3.05) is 7.11 Å². The molecule has 0 unspecified atom stereocenters. The van der Waals surface area contributed by atoms with Crippen molar-refractivity contribution in [3.05, 3.63) is 75.8 Å². The van der Waals surface area contributed by atoms with Crippen molar-refractivity contribution in [3.8, 4) is 28.1 Å². The fourth-order valence-electron chi connectivity index (χ4n) is 2.92. The third kappa shape index (κ3) is 3.06. The molecule has 0 saturated carbocycles. The molecule has 0 saturated heterocycles. The van der Waals surface area contributed by atoms with Crippen LogP contribution in [0.15, 0.2) is 60.9 Å². The quantitative estimate of drug-likeness (QED) is 0.318. The molecule has 8 heteroatoms. The van der Waals surface area contributed by atoms with Crippen LogP contribution in [-0.2, 0) is 0 Å². The number of nitrogens with one attached hydrogen (secondary N) is 1. The van der Waals surface area contributed by atoms with E-state index in [0.29, 0.717) is 4.77 Å². The number of nitro benzene ring substituents is 1. The van der Waals surface area contributed by atoms with Gasteiger partial charge in [0.15, 0.2) is 0 Å². The van der Waals surface area contributed by atoms with Crippen LogP contribution in [-0.4, -0.2) is 26.4 Å². The molecule has 4 aromatic rings. The lowest BCUT2D eigenvalue weighted by Gasteiger charge is -2.06. The van der Waals surface area contributed by atoms with E-state index in [-0.39, 0.29) is 5.69 Å². The number of aromatic amines is 1. The molecule has 0 atom stereocenters. The van der Waals surface area contributed by atoms with Crippen molar-refractivity contribution in [1.29, 1.82) is 0 Å². The molecule has 2 aromatic carbocycles. The fourth-order valence-corrected chi connectivity index (χ4v) is 3.11. The number of non-ortho nitro benzene ring substituents is 1. The van der Waals surface area contributed by atoms with E-state index in [0.717, 1.165) is 33.8 Å². The van der Waals surface area contributed by atoms with Gasteiger partial charge in [0.25, 0.3) is 5.69 Å². The number of benzene rings is 2. The second-order valence-electron chi connectivity index (χ2n) is 5.88. The van der Waals surface area contributed by atoms with E-state index < -0.39 is 4.92 Å². The SMILES string of the molecule is COc1cccc(-c2cnc(=S)n3cc(-c4ccc([N+](=O)[O-])cc4)[nH]c23)c1. The summed E-state index contributed by atoms with van der Waals surface area (Å²) in [6.07, 6.45) is 3.57. The normalized spacial score (nSPS) is 10.9. The first-order valence-electron chi connectivity index (χ1n) is 8.06. The van der Waals surface area contributed by atoms with Crippen LogP contribution in [0.3, 0.4) is 0 Å². The van der Waals surface area contributed by atoms with Gasteiger partial charge in [-0.25, -0.2) is 4.98 Å². The molecule has 0 aliphatic rings. The molecule has 2 heterocycles. The lowest BCUT2D eigenvalue weighted by molar-refractivity contribution is -0.384. The first kappa shape index (κ1) is 16.9. The highest BCUT2D eigenvalue weighted by molar-refractivity contribution is 7.71. The van der Waals surface area contributed by atoms with E-state index in [4.69, 9.17) is 17.0 Å². The van der Waals surface area contributed by atoms with Crippen LogP contribution < -0.4 is 4.74 Å². The molecule has 4 rings (SSSR count). The summed E-state index contributed by atoms with van der Waals surface area (Å²) >= 11 is 5.35. The lowest BCUT2D eigenvalue weighted by atomic mass is 10.1. The van der Waals surface area contributed by atoms with Crippen LogP contribution in [0.5, 0.6) is 5.75 Å². The largest absolute Gasteiger partial charge is 0.497 e. The number of nitro groups is 1. The van der Waals surface area contributed by atoms with Crippen LogP contribution in [0, 0.1) is 14.9 Å². The number of rotatable bonds is 4. The molecular formula is C19H14N4O3S. The zero-order valence-corrected chi connectivity index (χ0v) is 15.1. The third-order valence-corrected chi connectivity index (χ3v) is 4.59. The summed E-state index contributed by atoms with van der Waals surface area (Å²) in [4.78, 5) is 18.1. The number of H-pyrrole nitrogens is 1. The summed E-state index contributed by atoms with van der Waals surface area (Å²) in [7, 11) is 1.62. The van der Waals surface area contributed by atoms with E-state index in [2.05, 4.69) is 9.97 Å². The fraction of sp³-hybridized carbons (Fsp3) is 0.0526. The van der Waals surface area contributed by atoms with Crippen LogP contribution in [0.25, 0.3) is 28.0 Å². The highest BCUT2D eigenvalue weighted by atomic mass is 32.1. The Kier molecular flexibility index (Phi) is 4.17. The number of hydrogen-bond acceptors (Lipinski definition) is 5. The van der Waals surface area contributed by atoms with Crippen molar-refractivity contribution in [1.82, 2.24) is 14.4 Å². The number of nitrogens with zero attached hydrogens (tertiary/aromatic N) is 3. The maximum absolute atomic E-state index is 10.8. The van der Waals surface area contributed by atoms with Gasteiger partial charge in [0.05, 0.1) is 17.7 Å². The third-order valence-electron chi connectivity index (χ3n) is 4.29. The molecule has 1 N–H and O–H groups in total. The van der Waals surface area contributed by atoms with E-state index in [9.17, 15) is 10.1 Å². The second kappa shape index (κ2) is 6.65. The van der Waals surface area contributed by atoms with E-state index in [1.807, 2.05) is 30.5 Å². The predicted octanol–water partition coefficient (Wildman–Crippen LogP) is 4.64. The molecular weight excluding hydrogens is 364 g/mol. The maximum atomic E-state index is 10.8. The molecule has 27 heavy (non-hydrogen) atoms. The Morgan fingerprint density at radius 3 is 2.67 bits per heavy atom. The monoisotopic (exact) mass is 378 g/mol. The van der Waals surface area contributed by atoms with Gasteiger partial charge in [-0.1, -0.05) is 12.1 Å². The second-order valence-corrected chi connectivity index (χ2v) is 6.24. The summed E-state index contributed by atoms with van der Waals surface area (Å²) in [5.74, 6) is 0.746. The van der Waals surface area contributed by atoms with E-state index >= 15 is 0 Å². The van der Waals surface area contributed by atoms with Gasteiger partial charge in [0.1, 0.15) is 11.4 Å². The number of ether oxygens (including phenoxy) is 1. The van der Waals surface area contributed by atoms with Crippen LogP contribution >= 0.6 is 12.2 Å². The molecule has 0 aliphatic carbocycles. The molecule has 0 spiro atoms. The molecule has 0 radical (unpaired) electrons. The highest BCUT2D eigenvalue weighted by Crippen LogP contribution is 2.29. The topological polar surface area (TPSA) is 85.5 Å². The standard InChI is InChI=1S/C19H14N4O3S/c1-26-15-4-2-3-13(9-15)16-10-20-19(27)22-11-17(21-18(16)22)12-5-7-14(8-6-12)23(24)25/h2-11,21H,1H3. The Hall–Kier alpha value is -3.52. The minimum atomic E-state index is -0.421. The van der Waals surface area contributed by atoms with Crippen molar-refractivity contribution in [3.63, 3.8) is 0 Å². The Labute approximate surface area is 159 Å². The first-order chi connectivity index (χ1) is 13.1. The van der Waals surface area contributed by atoms with Crippen molar-refractivity contribution < 1.29 is 9.66 Å². The lowest BCUT2D eigenvalue weighted by Crippen LogP contribution is -1.93. The zero-order valence-electron chi connectivity index (χ0n) is 14.2. The van der Waals surface area contributed by atoms with Crippen molar-refractivity contribution in [2.24, 2.45) is 0 Å². The Bertz CT molecular complexity index is 1210. The van der Waals surface area contributed by atoms with Crippen LogP contribution in [0.2, 0.25) is 0 Å². The van der Waals surface area contributed by atoms with Gasteiger partial charge >= 0.3 is 0 Å².